The summed E-state index contributed by atoms with van der Waals surface area (Å²) in [6, 6.07) is 7.26. The van der Waals surface area contributed by atoms with Gasteiger partial charge in [-0.05, 0) is 12.1 Å². The third-order valence-electron chi connectivity index (χ3n) is 2.11. The molecule has 1 aliphatic rings. The number of nitrogens with one attached hydrogen (secondary N) is 2. The maximum absolute atomic E-state index is 10.8. The molecule has 0 bridgehead atoms. The average Bonchev–Trinajstić information content (AvgIpc) is 2.30. The number of carbonyl (C=O) groups is 1. The Bertz CT molecular complexity index is 415. The average molecular weight is 205 g/mol. The van der Waals surface area contributed by atoms with Crippen LogP contribution in [0.1, 0.15) is 5.56 Å². The molecule has 0 atom stereocenters. The number of ether oxygens (including phenoxy) is 1. The number of amides is 2. The monoisotopic (exact) mass is 205 g/mol. The van der Waals surface area contributed by atoms with Gasteiger partial charge < -0.3 is 10.1 Å². The molecule has 5 heteroatoms. The van der Waals surface area contributed by atoms with Gasteiger partial charge in [0, 0.05) is 5.56 Å². The predicted octanol–water partition coefficient (Wildman–Crippen LogP) is 0.712. The number of nitrogens with zero attached hydrogens (tertiary/aromatic N) is 1. The first kappa shape index (κ1) is 9.51. The fraction of sp³-hybridized carbons (Fsp3) is 0.200. The van der Waals surface area contributed by atoms with E-state index in [0.29, 0.717) is 6.54 Å². The highest BCUT2D eigenvalue weighted by atomic mass is 16.5. The summed E-state index contributed by atoms with van der Waals surface area (Å²) in [5.41, 5.74) is 4.08. The third kappa shape index (κ3) is 2.07. The van der Waals surface area contributed by atoms with Gasteiger partial charge in [-0.3, -0.25) is 0 Å². The second kappa shape index (κ2) is 4.00. The van der Waals surface area contributed by atoms with Crippen molar-refractivity contribution < 1.29 is 9.53 Å². The SMILES string of the molecule is COc1cccc(C2=NNC(=O)NC2)c1. The summed E-state index contributed by atoms with van der Waals surface area (Å²) in [6.45, 7) is 0.430. The number of hydrogen-bond acceptors (Lipinski definition) is 3. The van der Waals surface area contributed by atoms with Crippen LogP contribution in [0.3, 0.4) is 0 Å². The normalized spacial score (nSPS) is 15.0. The summed E-state index contributed by atoms with van der Waals surface area (Å²) < 4.78 is 5.10. The van der Waals surface area contributed by atoms with Crippen LogP contribution in [0.2, 0.25) is 0 Å². The van der Waals surface area contributed by atoms with E-state index in [1.54, 1.807) is 7.11 Å². The lowest BCUT2D eigenvalue weighted by Crippen LogP contribution is -2.42. The van der Waals surface area contributed by atoms with Gasteiger partial charge in [0.05, 0.1) is 19.4 Å². The van der Waals surface area contributed by atoms with Crippen LogP contribution in [0.15, 0.2) is 29.4 Å². The molecule has 78 valence electrons. The van der Waals surface area contributed by atoms with Crippen molar-refractivity contribution in [3.63, 3.8) is 0 Å². The smallest absolute Gasteiger partial charge is 0.335 e. The van der Waals surface area contributed by atoms with Gasteiger partial charge in [0.1, 0.15) is 5.75 Å². The molecular weight excluding hydrogens is 194 g/mol. The molecule has 0 aliphatic carbocycles. The van der Waals surface area contributed by atoms with Crippen molar-refractivity contribution in [2.24, 2.45) is 5.10 Å². The molecule has 2 rings (SSSR count). The van der Waals surface area contributed by atoms with Gasteiger partial charge in [-0.2, -0.15) is 5.10 Å². The lowest BCUT2D eigenvalue weighted by molar-refractivity contribution is 0.241. The molecule has 0 fully saturated rings. The Hall–Kier alpha value is -2.04. The lowest BCUT2D eigenvalue weighted by Gasteiger charge is -2.14. The molecule has 1 aromatic rings. The number of benzene rings is 1. The zero-order valence-electron chi connectivity index (χ0n) is 8.28. The lowest BCUT2D eigenvalue weighted by atomic mass is 10.1. The second-order valence-corrected chi connectivity index (χ2v) is 3.08. The van der Waals surface area contributed by atoms with E-state index >= 15 is 0 Å². The first-order valence-corrected chi connectivity index (χ1v) is 4.54. The van der Waals surface area contributed by atoms with Crippen LogP contribution in [0.5, 0.6) is 5.75 Å². The number of urea groups is 1. The summed E-state index contributed by atoms with van der Waals surface area (Å²) in [6.07, 6.45) is 0. The van der Waals surface area contributed by atoms with Crippen LogP contribution in [-0.4, -0.2) is 25.4 Å². The highest BCUT2D eigenvalue weighted by Crippen LogP contribution is 2.13. The number of carbonyl (C=O) groups excluding carboxylic acids is 1. The van der Waals surface area contributed by atoms with E-state index in [9.17, 15) is 4.79 Å². The van der Waals surface area contributed by atoms with Crippen LogP contribution in [-0.2, 0) is 0 Å². The van der Waals surface area contributed by atoms with Crippen LogP contribution in [0.4, 0.5) is 4.79 Å². The topological polar surface area (TPSA) is 62.7 Å². The molecule has 1 aliphatic heterocycles. The molecule has 1 aromatic carbocycles. The van der Waals surface area contributed by atoms with Gasteiger partial charge in [-0.1, -0.05) is 12.1 Å². The fourth-order valence-electron chi connectivity index (χ4n) is 1.33. The Morgan fingerprint density at radius 1 is 1.47 bits per heavy atom. The maximum Gasteiger partial charge on any atom is 0.335 e. The Kier molecular flexibility index (Phi) is 2.53. The van der Waals surface area contributed by atoms with Gasteiger partial charge in [0.25, 0.3) is 0 Å². The maximum atomic E-state index is 10.8. The van der Waals surface area contributed by atoms with Gasteiger partial charge in [0.15, 0.2) is 0 Å². The van der Waals surface area contributed by atoms with Gasteiger partial charge in [-0.15, -0.1) is 0 Å². The van der Waals surface area contributed by atoms with Crippen molar-refractivity contribution in [3.05, 3.63) is 29.8 Å². The van der Waals surface area contributed by atoms with E-state index in [1.807, 2.05) is 24.3 Å². The van der Waals surface area contributed by atoms with Crippen molar-refractivity contribution in [3.8, 4) is 5.75 Å². The zero-order chi connectivity index (χ0) is 10.7. The predicted molar refractivity (Wildman–Crippen MR) is 56.1 cm³/mol. The fourth-order valence-corrected chi connectivity index (χ4v) is 1.33. The summed E-state index contributed by atoms with van der Waals surface area (Å²) in [5, 5.41) is 6.60. The minimum atomic E-state index is -0.276. The van der Waals surface area contributed by atoms with Crippen LogP contribution in [0.25, 0.3) is 0 Å². The van der Waals surface area contributed by atoms with Crippen molar-refractivity contribution >= 4 is 11.7 Å². The van der Waals surface area contributed by atoms with Crippen molar-refractivity contribution in [2.75, 3.05) is 13.7 Å². The number of rotatable bonds is 2. The van der Waals surface area contributed by atoms with Crippen LogP contribution >= 0.6 is 0 Å². The van der Waals surface area contributed by atoms with E-state index in [2.05, 4.69) is 15.8 Å². The summed E-state index contributed by atoms with van der Waals surface area (Å²) in [4.78, 5) is 10.8. The molecular formula is C10H11N3O2. The molecule has 0 aromatic heterocycles. The van der Waals surface area contributed by atoms with E-state index in [4.69, 9.17) is 4.74 Å². The number of hydrogen-bond donors (Lipinski definition) is 2. The number of hydrazone groups is 1. The molecule has 5 nitrogen and oxygen atoms in total. The molecule has 15 heavy (non-hydrogen) atoms. The van der Waals surface area contributed by atoms with Crippen molar-refractivity contribution in [1.82, 2.24) is 10.7 Å². The van der Waals surface area contributed by atoms with E-state index < -0.39 is 0 Å². The van der Waals surface area contributed by atoms with E-state index in [-0.39, 0.29) is 6.03 Å². The first-order valence-electron chi connectivity index (χ1n) is 4.54. The highest BCUT2D eigenvalue weighted by molar-refractivity contribution is 6.05. The van der Waals surface area contributed by atoms with Gasteiger partial charge >= 0.3 is 6.03 Å². The molecule has 0 saturated carbocycles. The van der Waals surface area contributed by atoms with Crippen molar-refractivity contribution in [2.45, 2.75) is 0 Å². The molecule has 0 radical (unpaired) electrons. The van der Waals surface area contributed by atoms with Gasteiger partial charge in [0.2, 0.25) is 0 Å². The van der Waals surface area contributed by atoms with Crippen LogP contribution < -0.4 is 15.5 Å². The standard InChI is InChI=1S/C10H11N3O2/c1-15-8-4-2-3-7(5-8)9-6-11-10(14)13-12-9/h2-5H,6H2,1H3,(H2,11,13,14). The molecule has 0 saturated heterocycles. The van der Waals surface area contributed by atoms with Crippen LogP contribution in [0, 0.1) is 0 Å². The molecule has 2 N–H and O–H groups in total. The first-order chi connectivity index (χ1) is 7.29. The second-order valence-electron chi connectivity index (χ2n) is 3.08. The molecule has 0 unspecified atom stereocenters. The quantitative estimate of drug-likeness (QED) is 0.747. The molecule has 1 heterocycles. The Labute approximate surface area is 87.1 Å². The number of methoxy groups -OCH3 is 1. The summed E-state index contributed by atoms with van der Waals surface area (Å²) >= 11 is 0. The summed E-state index contributed by atoms with van der Waals surface area (Å²) in [5.74, 6) is 0.770. The highest BCUT2D eigenvalue weighted by Gasteiger charge is 2.11. The Morgan fingerprint density at radius 3 is 3.00 bits per heavy atom. The Morgan fingerprint density at radius 2 is 2.33 bits per heavy atom. The Balaban J connectivity index is 2.25. The van der Waals surface area contributed by atoms with E-state index in [0.717, 1.165) is 17.0 Å². The third-order valence-corrected chi connectivity index (χ3v) is 2.11. The summed E-state index contributed by atoms with van der Waals surface area (Å²) in [7, 11) is 1.61. The minimum absolute atomic E-state index is 0.276. The minimum Gasteiger partial charge on any atom is -0.497 e. The van der Waals surface area contributed by atoms with E-state index in [1.165, 1.54) is 0 Å². The largest absolute Gasteiger partial charge is 0.497 e. The van der Waals surface area contributed by atoms with Gasteiger partial charge in [-0.25, -0.2) is 10.2 Å². The molecule has 2 amide bonds. The zero-order valence-corrected chi connectivity index (χ0v) is 8.28. The van der Waals surface area contributed by atoms with Crippen molar-refractivity contribution in [1.29, 1.82) is 0 Å². The molecule has 0 spiro atoms.